The van der Waals surface area contributed by atoms with Gasteiger partial charge in [0.1, 0.15) is 17.6 Å². The van der Waals surface area contributed by atoms with Gasteiger partial charge in [0.05, 0.1) is 25.8 Å². The third-order valence-corrected chi connectivity index (χ3v) is 5.35. The van der Waals surface area contributed by atoms with Crippen LogP contribution in [0.15, 0.2) is 24.3 Å². The molecule has 0 aliphatic carbocycles. The van der Waals surface area contributed by atoms with Crippen LogP contribution in [0, 0.1) is 25.2 Å². The zero-order valence-corrected chi connectivity index (χ0v) is 19.2. The van der Waals surface area contributed by atoms with Gasteiger partial charge in [0.15, 0.2) is 0 Å². The number of nitrogens with zero attached hydrogens (tertiary/aromatic N) is 4. The maximum Gasteiger partial charge on any atom is 0.239 e. The number of amides is 2. The minimum absolute atomic E-state index is 0.0219. The lowest BCUT2D eigenvalue weighted by molar-refractivity contribution is -0.132. The Balaban J connectivity index is 2.25. The van der Waals surface area contributed by atoms with E-state index in [2.05, 4.69) is 11.4 Å². The van der Waals surface area contributed by atoms with Crippen molar-refractivity contribution in [1.29, 1.82) is 5.26 Å². The molecule has 2 aromatic rings. The number of hydrogen-bond acceptors (Lipinski definition) is 5. The monoisotopic (exact) mass is 425 g/mol. The third-order valence-electron chi connectivity index (χ3n) is 5.35. The van der Waals surface area contributed by atoms with E-state index in [-0.39, 0.29) is 24.9 Å². The molecular formula is C23H31N5O3. The molecule has 31 heavy (non-hydrogen) atoms. The molecule has 1 aromatic carbocycles. The number of carbonyl (C=O) groups excluding carboxylic acids is 2. The summed E-state index contributed by atoms with van der Waals surface area (Å²) in [5.74, 6) is 0.830. The van der Waals surface area contributed by atoms with Crippen molar-refractivity contribution in [1.82, 2.24) is 14.4 Å². The number of anilines is 1. The predicted molar refractivity (Wildman–Crippen MR) is 121 cm³/mol. The Bertz CT molecular complexity index is 969. The van der Waals surface area contributed by atoms with E-state index in [9.17, 15) is 14.9 Å². The summed E-state index contributed by atoms with van der Waals surface area (Å²) < 4.78 is 7.07. The van der Waals surface area contributed by atoms with Gasteiger partial charge in [-0.1, -0.05) is 0 Å². The number of aromatic nitrogens is 1. The van der Waals surface area contributed by atoms with E-state index in [1.54, 1.807) is 24.0 Å². The van der Waals surface area contributed by atoms with Crippen molar-refractivity contribution < 1.29 is 14.3 Å². The van der Waals surface area contributed by atoms with Crippen LogP contribution in [0.2, 0.25) is 0 Å². The maximum absolute atomic E-state index is 12.8. The fourth-order valence-electron chi connectivity index (χ4n) is 3.49. The van der Waals surface area contributed by atoms with Gasteiger partial charge in [-0.15, -0.1) is 0 Å². The van der Waals surface area contributed by atoms with Crippen LogP contribution < -0.4 is 10.1 Å². The van der Waals surface area contributed by atoms with Gasteiger partial charge in [-0.2, -0.15) is 5.26 Å². The Kier molecular flexibility index (Phi) is 8.22. The molecule has 0 saturated heterocycles. The highest BCUT2D eigenvalue weighted by Crippen LogP contribution is 2.30. The van der Waals surface area contributed by atoms with Crippen LogP contribution in [-0.2, 0) is 9.59 Å². The molecule has 0 unspecified atom stereocenters. The van der Waals surface area contributed by atoms with Gasteiger partial charge >= 0.3 is 0 Å². The predicted octanol–water partition coefficient (Wildman–Crippen LogP) is 2.71. The molecule has 1 heterocycles. The fourth-order valence-corrected chi connectivity index (χ4v) is 3.49. The van der Waals surface area contributed by atoms with Crippen molar-refractivity contribution in [2.24, 2.45) is 0 Å². The normalized spacial score (nSPS) is 10.6. The second-order valence-electron chi connectivity index (χ2n) is 7.37. The number of rotatable bonds is 9. The summed E-state index contributed by atoms with van der Waals surface area (Å²) in [6.07, 6.45) is 0. The SMILES string of the molecule is CCN(CC)C(=O)CN(C)CC(=O)Nc1c(C#N)c(C)c(C)n1-c1ccc(OC)cc1. The van der Waals surface area contributed by atoms with Crippen molar-refractivity contribution in [3.8, 4) is 17.5 Å². The zero-order valence-electron chi connectivity index (χ0n) is 19.2. The molecule has 0 fully saturated rings. The van der Waals surface area contributed by atoms with Crippen molar-refractivity contribution >= 4 is 17.6 Å². The quantitative estimate of drug-likeness (QED) is 0.667. The number of benzene rings is 1. The Morgan fingerprint density at radius 3 is 2.26 bits per heavy atom. The molecule has 0 radical (unpaired) electrons. The summed E-state index contributed by atoms with van der Waals surface area (Å²) >= 11 is 0. The van der Waals surface area contributed by atoms with E-state index in [1.165, 1.54) is 0 Å². The largest absolute Gasteiger partial charge is 0.497 e. The molecule has 1 aromatic heterocycles. The number of hydrogen-bond donors (Lipinski definition) is 1. The molecule has 2 amide bonds. The molecular weight excluding hydrogens is 394 g/mol. The minimum atomic E-state index is -0.293. The first kappa shape index (κ1) is 24.0. The Morgan fingerprint density at radius 1 is 1.13 bits per heavy atom. The molecule has 166 valence electrons. The molecule has 0 saturated carbocycles. The van der Waals surface area contributed by atoms with Crippen LogP contribution in [0.5, 0.6) is 5.75 Å². The highest BCUT2D eigenvalue weighted by Gasteiger charge is 2.22. The lowest BCUT2D eigenvalue weighted by Gasteiger charge is -2.23. The van der Waals surface area contributed by atoms with Crippen LogP contribution in [-0.4, -0.2) is 66.5 Å². The molecule has 8 nitrogen and oxygen atoms in total. The van der Waals surface area contributed by atoms with E-state index in [0.29, 0.717) is 24.5 Å². The Labute approximate surface area is 184 Å². The van der Waals surface area contributed by atoms with Crippen molar-refractivity contribution in [2.75, 3.05) is 45.7 Å². The first-order chi connectivity index (χ1) is 14.8. The van der Waals surface area contributed by atoms with Crippen LogP contribution in [0.4, 0.5) is 5.82 Å². The molecule has 8 heteroatoms. The van der Waals surface area contributed by atoms with E-state index in [0.717, 1.165) is 22.7 Å². The summed E-state index contributed by atoms with van der Waals surface area (Å²) in [6, 6.07) is 9.60. The lowest BCUT2D eigenvalue weighted by Crippen LogP contribution is -2.41. The lowest BCUT2D eigenvalue weighted by atomic mass is 10.2. The summed E-state index contributed by atoms with van der Waals surface area (Å²) in [7, 11) is 3.33. The molecule has 0 atom stereocenters. The van der Waals surface area contributed by atoms with Gasteiger partial charge in [-0.3, -0.25) is 19.1 Å². The molecule has 1 N–H and O–H groups in total. The molecule has 0 aliphatic heterocycles. The van der Waals surface area contributed by atoms with E-state index < -0.39 is 0 Å². The fraction of sp³-hybridized carbons (Fsp3) is 0.435. The highest BCUT2D eigenvalue weighted by atomic mass is 16.5. The van der Waals surface area contributed by atoms with Crippen LogP contribution in [0.25, 0.3) is 5.69 Å². The summed E-state index contributed by atoms with van der Waals surface area (Å²) in [5, 5.41) is 12.6. The summed E-state index contributed by atoms with van der Waals surface area (Å²) in [5.41, 5.74) is 2.90. The van der Waals surface area contributed by atoms with Crippen LogP contribution in [0.1, 0.15) is 30.7 Å². The summed E-state index contributed by atoms with van der Waals surface area (Å²) in [6.45, 7) is 9.07. The molecule has 0 bridgehead atoms. The van der Waals surface area contributed by atoms with Gasteiger partial charge in [-0.25, -0.2) is 0 Å². The number of ether oxygens (including phenoxy) is 1. The topological polar surface area (TPSA) is 90.6 Å². The second-order valence-corrected chi connectivity index (χ2v) is 7.37. The number of nitrogens with one attached hydrogen (secondary N) is 1. The second kappa shape index (κ2) is 10.6. The molecule has 0 spiro atoms. The van der Waals surface area contributed by atoms with Gasteiger partial charge in [-0.05, 0) is 64.6 Å². The van der Waals surface area contributed by atoms with Gasteiger partial charge in [0.25, 0.3) is 0 Å². The standard InChI is InChI=1S/C23H31N5O3/c1-7-27(8-2)22(30)15-26(5)14-21(29)25-23-20(13-24)16(3)17(4)28(23)18-9-11-19(31-6)12-10-18/h9-12H,7-8,14-15H2,1-6H3,(H,25,29). The van der Waals surface area contributed by atoms with Gasteiger partial charge < -0.3 is 15.0 Å². The van der Waals surface area contributed by atoms with E-state index in [1.807, 2.05) is 56.5 Å². The van der Waals surface area contributed by atoms with Gasteiger partial charge in [0.2, 0.25) is 11.8 Å². The van der Waals surface area contributed by atoms with Gasteiger partial charge in [0, 0.05) is 24.5 Å². The molecule has 0 aliphatic rings. The van der Waals surface area contributed by atoms with Crippen LogP contribution in [0.3, 0.4) is 0 Å². The first-order valence-electron chi connectivity index (χ1n) is 10.3. The maximum atomic E-state index is 12.8. The molecule has 2 rings (SSSR count). The smallest absolute Gasteiger partial charge is 0.239 e. The first-order valence-corrected chi connectivity index (χ1v) is 10.3. The highest BCUT2D eigenvalue weighted by molar-refractivity contribution is 5.94. The van der Waals surface area contributed by atoms with E-state index >= 15 is 0 Å². The van der Waals surface area contributed by atoms with Crippen molar-refractivity contribution in [3.05, 3.63) is 41.1 Å². The van der Waals surface area contributed by atoms with Crippen molar-refractivity contribution in [2.45, 2.75) is 27.7 Å². The number of methoxy groups -OCH3 is 1. The van der Waals surface area contributed by atoms with Crippen molar-refractivity contribution in [3.63, 3.8) is 0 Å². The average Bonchev–Trinajstić information content (AvgIpc) is 2.97. The summed E-state index contributed by atoms with van der Waals surface area (Å²) in [4.78, 5) is 28.5. The zero-order chi connectivity index (χ0) is 23.1. The number of carbonyl (C=O) groups is 2. The Hall–Kier alpha value is -3.31. The number of likely N-dealkylation sites (N-methyl/N-ethyl adjacent to an activating group) is 2. The minimum Gasteiger partial charge on any atom is -0.497 e. The number of nitriles is 1. The average molecular weight is 426 g/mol. The van der Waals surface area contributed by atoms with E-state index in [4.69, 9.17) is 4.74 Å². The Morgan fingerprint density at radius 2 is 1.74 bits per heavy atom. The van der Waals surface area contributed by atoms with Crippen LogP contribution >= 0.6 is 0 Å². The third kappa shape index (κ3) is 5.44.